The molecule has 114 valence electrons. The summed E-state index contributed by atoms with van der Waals surface area (Å²) in [5.41, 5.74) is -0.753. The smallest absolute Gasteiger partial charge is 0.462 e. The van der Waals surface area contributed by atoms with Gasteiger partial charge in [0.05, 0.1) is 28.9 Å². The molecule has 0 atom stereocenters. The van der Waals surface area contributed by atoms with Crippen molar-refractivity contribution in [2.75, 3.05) is 6.61 Å². The number of nitrogens with zero attached hydrogens (tertiary/aromatic N) is 3. The van der Waals surface area contributed by atoms with Crippen molar-refractivity contribution < 1.29 is 24.5 Å². The molecule has 9 nitrogen and oxygen atoms in total. The maximum absolute atomic E-state index is 11.8. The van der Waals surface area contributed by atoms with Gasteiger partial charge >= 0.3 is 13.1 Å². The average Bonchev–Trinajstić information content (AvgIpc) is 2.92. The minimum absolute atomic E-state index is 0.00569. The Kier molecular flexibility index (Phi) is 4.54. The standard InChI is InChI=1S/C12H12BN3O6/c1-2-22-12(17)8-7-14-15(11(8)13(18)19)9-5-3-4-6-10(9)16(20)21/h3-7,18-19H,2H2,1H3. The summed E-state index contributed by atoms with van der Waals surface area (Å²) in [7, 11) is -2.05. The number of hydrogen-bond acceptors (Lipinski definition) is 7. The molecule has 1 aromatic heterocycles. The molecule has 0 aliphatic heterocycles. The van der Waals surface area contributed by atoms with Crippen LogP contribution in [0.2, 0.25) is 0 Å². The fourth-order valence-electron chi connectivity index (χ4n) is 1.96. The van der Waals surface area contributed by atoms with Gasteiger partial charge in [-0.25, -0.2) is 9.48 Å². The minimum Gasteiger partial charge on any atom is -0.462 e. The first-order valence-electron chi connectivity index (χ1n) is 6.32. The summed E-state index contributed by atoms with van der Waals surface area (Å²) in [6.45, 7) is 1.69. The van der Waals surface area contributed by atoms with Gasteiger partial charge < -0.3 is 14.8 Å². The van der Waals surface area contributed by atoms with Gasteiger partial charge in [0, 0.05) is 6.07 Å². The van der Waals surface area contributed by atoms with E-state index in [9.17, 15) is 25.0 Å². The molecule has 22 heavy (non-hydrogen) atoms. The highest BCUT2D eigenvalue weighted by Crippen LogP contribution is 2.21. The zero-order valence-electron chi connectivity index (χ0n) is 11.5. The van der Waals surface area contributed by atoms with Crippen LogP contribution in [0.3, 0.4) is 0 Å². The second-order valence-electron chi connectivity index (χ2n) is 4.20. The van der Waals surface area contributed by atoms with Crippen molar-refractivity contribution in [2.45, 2.75) is 6.92 Å². The highest BCUT2D eigenvalue weighted by molar-refractivity contribution is 6.59. The molecule has 0 unspecified atom stereocenters. The predicted molar refractivity (Wildman–Crippen MR) is 76.0 cm³/mol. The summed E-state index contributed by atoms with van der Waals surface area (Å²) in [5, 5.41) is 33.9. The number of nitro groups is 1. The Balaban J connectivity index is 2.63. The van der Waals surface area contributed by atoms with E-state index in [4.69, 9.17) is 4.74 Å². The Hall–Kier alpha value is -2.72. The number of benzene rings is 1. The first-order chi connectivity index (χ1) is 10.5. The van der Waals surface area contributed by atoms with Crippen LogP contribution in [-0.2, 0) is 4.74 Å². The second-order valence-corrected chi connectivity index (χ2v) is 4.20. The topological polar surface area (TPSA) is 128 Å². The summed E-state index contributed by atoms with van der Waals surface area (Å²) < 4.78 is 5.74. The van der Waals surface area contributed by atoms with Crippen molar-refractivity contribution in [3.05, 3.63) is 46.1 Å². The van der Waals surface area contributed by atoms with E-state index in [-0.39, 0.29) is 29.1 Å². The lowest BCUT2D eigenvalue weighted by Gasteiger charge is -2.09. The zero-order chi connectivity index (χ0) is 16.3. The van der Waals surface area contributed by atoms with Crippen LogP contribution in [0.1, 0.15) is 17.3 Å². The SMILES string of the molecule is CCOC(=O)c1cnn(-c2ccccc2[N+](=O)[O-])c1B(O)O. The van der Waals surface area contributed by atoms with Gasteiger partial charge in [-0.2, -0.15) is 5.10 Å². The Morgan fingerprint density at radius 3 is 2.73 bits per heavy atom. The fourth-order valence-corrected chi connectivity index (χ4v) is 1.96. The molecule has 1 aromatic carbocycles. The molecule has 0 bridgehead atoms. The van der Waals surface area contributed by atoms with Crippen molar-refractivity contribution in [3.8, 4) is 5.69 Å². The van der Waals surface area contributed by atoms with Crippen LogP contribution in [0.15, 0.2) is 30.5 Å². The van der Waals surface area contributed by atoms with Gasteiger partial charge in [0.1, 0.15) is 5.69 Å². The van der Waals surface area contributed by atoms with Gasteiger partial charge in [0.15, 0.2) is 0 Å². The first-order valence-corrected chi connectivity index (χ1v) is 6.32. The maximum atomic E-state index is 11.8. The van der Waals surface area contributed by atoms with Crippen LogP contribution in [0.25, 0.3) is 5.69 Å². The normalized spacial score (nSPS) is 10.3. The van der Waals surface area contributed by atoms with E-state index >= 15 is 0 Å². The Morgan fingerprint density at radius 2 is 2.14 bits per heavy atom. The van der Waals surface area contributed by atoms with E-state index in [1.807, 2.05) is 0 Å². The number of aromatic nitrogens is 2. The number of para-hydroxylation sites is 2. The van der Waals surface area contributed by atoms with E-state index < -0.39 is 18.0 Å². The molecule has 10 heteroatoms. The molecule has 0 saturated heterocycles. The molecule has 0 aliphatic carbocycles. The fraction of sp³-hybridized carbons (Fsp3) is 0.167. The average molecular weight is 305 g/mol. The lowest BCUT2D eigenvalue weighted by Crippen LogP contribution is -2.40. The summed E-state index contributed by atoms with van der Waals surface area (Å²) >= 11 is 0. The van der Waals surface area contributed by atoms with Gasteiger partial charge in [-0.05, 0) is 13.0 Å². The Bertz CT molecular complexity index is 715. The van der Waals surface area contributed by atoms with Crippen molar-refractivity contribution in [3.63, 3.8) is 0 Å². The number of esters is 1. The lowest BCUT2D eigenvalue weighted by molar-refractivity contribution is -0.384. The number of hydrogen-bond donors (Lipinski definition) is 2. The Morgan fingerprint density at radius 1 is 1.45 bits per heavy atom. The van der Waals surface area contributed by atoms with Gasteiger partial charge in [-0.3, -0.25) is 10.1 Å². The molecule has 2 rings (SSSR count). The van der Waals surface area contributed by atoms with Gasteiger partial charge in [-0.1, -0.05) is 12.1 Å². The number of rotatable bonds is 5. The number of carbonyl (C=O) groups excluding carboxylic acids is 1. The van der Waals surface area contributed by atoms with Crippen LogP contribution >= 0.6 is 0 Å². The predicted octanol–water partition coefficient (Wildman–Crippen LogP) is -0.363. The molecular weight excluding hydrogens is 293 g/mol. The van der Waals surface area contributed by atoms with E-state index in [0.29, 0.717) is 0 Å². The van der Waals surface area contributed by atoms with Crippen molar-refractivity contribution >= 4 is 24.4 Å². The Labute approximate surface area is 125 Å². The van der Waals surface area contributed by atoms with Gasteiger partial charge in [0.25, 0.3) is 5.69 Å². The molecule has 0 aliphatic rings. The highest BCUT2D eigenvalue weighted by Gasteiger charge is 2.30. The molecule has 2 N–H and O–H groups in total. The molecule has 2 aromatic rings. The first kappa shape index (κ1) is 15.7. The van der Waals surface area contributed by atoms with Crippen LogP contribution in [-0.4, -0.2) is 44.4 Å². The second kappa shape index (κ2) is 6.37. The summed E-state index contributed by atoms with van der Waals surface area (Å²) in [6.07, 6.45) is 1.07. The third kappa shape index (κ3) is 2.82. The van der Waals surface area contributed by atoms with Crippen LogP contribution in [0.4, 0.5) is 5.69 Å². The van der Waals surface area contributed by atoms with Crippen LogP contribution < -0.4 is 5.59 Å². The largest absolute Gasteiger partial charge is 0.509 e. The number of carbonyl (C=O) groups is 1. The molecule has 0 spiro atoms. The van der Waals surface area contributed by atoms with Crippen LogP contribution in [0, 0.1) is 10.1 Å². The number of nitro benzene ring substituents is 1. The summed E-state index contributed by atoms with van der Waals surface area (Å²) in [4.78, 5) is 22.2. The quantitative estimate of drug-likeness (QED) is 0.334. The van der Waals surface area contributed by atoms with E-state index in [2.05, 4.69) is 5.10 Å². The molecule has 0 amide bonds. The van der Waals surface area contributed by atoms with Crippen molar-refractivity contribution in [1.29, 1.82) is 0 Å². The molecule has 0 fully saturated rings. The lowest BCUT2D eigenvalue weighted by atomic mass is 9.82. The van der Waals surface area contributed by atoms with Gasteiger partial charge in [-0.15, -0.1) is 0 Å². The zero-order valence-corrected chi connectivity index (χ0v) is 11.5. The minimum atomic E-state index is -2.05. The van der Waals surface area contributed by atoms with Crippen molar-refractivity contribution in [2.24, 2.45) is 0 Å². The number of ether oxygens (including phenoxy) is 1. The third-order valence-corrected chi connectivity index (χ3v) is 2.85. The van der Waals surface area contributed by atoms with E-state index in [1.165, 1.54) is 24.3 Å². The van der Waals surface area contributed by atoms with Crippen molar-refractivity contribution in [1.82, 2.24) is 9.78 Å². The molecule has 1 heterocycles. The van der Waals surface area contributed by atoms with E-state index in [1.54, 1.807) is 6.92 Å². The molecular formula is C12H12BN3O6. The third-order valence-electron chi connectivity index (χ3n) is 2.85. The summed E-state index contributed by atoms with van der Waals surface area (Å²) in [5.74, 6) is -0.796. The van der Waals surface area contributed by atoms with Gasteiger partial charge in [0.2, 0.25) is 0 Å². The van der Waals surface area contributed by atoms with Crippen LogP contribution in [0.5, 0.6) is 0 Å². The highest BCUT2D eigenvalue weighted by atomic mass is 16.6. The summed E-state index contributed by atoms with van der Waals surface area (Å²) in [6, 6.07) is 5.62. The van der Waals surface area contributed by atoms with E-state index in [0.717, 1.165) is 10.9 Å². The maximum Gasteiger partial charge on any atom is 0.509 e. The molecule has 0 saturated carbocycles. The molecule has 0 radical (unpaired) electrons. The monoisotopic (exact) mass is 305 g/mol.